The van der Waals surface area contributed by atoms with Crippen LogP contribution in [0, 0.1) is 0 Å². The van der Waals surface area contributed by atoms with Crippen LogP contribution in [0.3, 0.4) is 0 Å². The Labute approximate surface area is 193 Å². The van der Waals surface area contributed by atoms with Crippen molar-refractivity contribution in [2.75, 3.05) is 5.75 Å². The van der Waals surface area contributed by atoms with Crippen molar-refractivity contribution < 1.29 is 9.59 Å². The van der Waals surface area contributed by atoms with Gasteiger partial charge in [-0.3, -0.25) is 9.59 Å². The molecule has 0 aliphatic heterocycles. The maximum Gasteiger partial charge on any atom is 0.243 e. The molecule has 30 heavy (non-hydrogen) atoms. The van der Waals surface area contributed by atoms with E-state index in [0.717, 1.165) is 11.1 Å². The molecule has 0 aliphatic carbocycles. The van der Waals surface area contributed by atoms with Gasteiger partial charge in [-0.1, -0.05) is 66.5 Å². The number of benzene rings is 2. The summed E-state index contributed by atoms with van der Waals surface area (Å²) in [5.74, 6) is 0.662. The molecule has 0 aromatic heterocycles. The van der Waals surface area contributed by atoms with Gasteiger partial charge in [0.05, 0.1) is 5.75 Å². The van der Waals surface area contributed by atoms with E-state index in [1.807, 2.05) is 57.2 Å². The molecule has 2 aromatic rings. The third-order valence-electron chi connectivity index (χ3n) is 4.51. The quantitative estimate of drug-likeness (QED) is 0.498. The molecule has 0 saturated carbocycles. The number of nitrogens with one attached hydrogen (secondary N) is 1. The minimum Gasteiger partial charge on any atom is -0.352 e. The van der Waals surface area contributed by atoms with E-state index in [-0.39, 0.29) is 23.6 Å². The lowest BCUT2D eigenvalue weighted by atomic mass is 10.1. The van der Waals surface area contributed by atoms with Gasteiger partial charge in [0.1, 0.15) is 6.04 Å². The number of carbonyl (C=O) groups is 2. The van der Waals surface area contributed by atoms with E-state index < -0.39 is 6.04 Å². The van der Waals surface area contributed by atoms with E-state index in [4.69, 9.17) is 23.2 Å². The Morgan fingerprint density at radius 2 is 1.80 bits per heavy atom. The fourth-order valence-electron chi connectivity index (χ4n) is 3.05. The Morgan fingerprint density at radius 1 is 1.10 bits per heavy atom. The fourth-order valence-corrected chi connectivity index (χ4v) is 4.52. The third kappa shape index (κ3) is 7.53. The smallest absolute Gasteiger partial charge is 0.243 e. The number of amides is 2. The minimum absolute atomic E-state index is 0.0154. The fraction of sp³-hybridized carbons (Fsp3) is 0.391. The number of rotatable bonds is 10. The summed E-state index contributed by atoms with van der Waals surface area (Å²) in [6, 6.07) is 14.6. The highest BCUT2D eigenvalue weighted by Gasteiger charge is 2.28. The Kier molecular flexibility index (Phi) is 10.0. The zero-order valence-corrected chi connectivity index (χ0v) is 19.9. The van der Waals surface area contributed by atoms with E-state index in [1.54, 1.807) is 17.0 Å². The first-order chi connectivity index (χ1) is 14.3. The molecule has 1 atom stereocenters. The summed E-state index contributed by atoms with van der Waals surface area (Å²) in [6.45, 7) is 6.15. The van der Waals surface area contributed by atoms with Crippen molar-refractivity contribution in [2.45, 2.75) is 51.6 Å². The summed E-state index contributed by atoms with van der Waals surface area (Å²) in [6.07, 6.45) is 0.546. The summed E-state index contributed by atoms with van der Waals surface area (Å²) in [7, 11) is 0. The monoisotopic (exact) mass is 466 g/mol. The predicted octanol–water partition coefficient (Wildman–Crippen LogP) is 5.56. The van der Waals surface area contributed by atoms with Crippen LogP contribution in [0.1, 0.15) is 38.3 Å². The first-order valence-corrected chi connectivity index (χ1v) is 11.9. The number of nitrogens with zero attached hydrogens (tertiary/aromatic N) is 1. The molecular formula is C23H28Cl2N2O2S. The first-order valence-electron chi connectivity index (χ1n) is 9.97. The summed E-state index contributed by atoms with van der Waals surface area (Å²) in [5.41, 5.74) is 1.92. The van der Waals surface area contributed by atoms with Crippen LogP contribution in [0.2, 0.25) is 10.0 Å². The van der Waals surface area contributed by atoms with Crippen molar-refractivity contribution >= 4 is 46.8 Å². The van der Waals surface area contributed by atoms with Crippen LogP contribution in [-0.2, 0) is 21.9 Å². The predicted molar refractivity (Wildman–Crippen MR) is 127 cm³/mol. The van der Waals surface area contributed by atoms with Crippen molar-refractivity contribution in [3.8, 4) is 0 Å². The second-order valence-corrected chi connectivity index (χ2v) is 9.15. The maximum atomic E-state index is 13.1. The largest absolute Gasteiger partial charge is 0.352 e. The van der Waals surface area contributed by atoms with Crippen molar-refractivity contribution in [3.05, 3.63) is 69.7 Å². The van der Waals surface area contributed by atoms with E-state index in [1.165, 1.54) is 11.8 Å². The highest BCUT2D eigenvalue weighted by Crippen LogP contribution is 2.25. The number of hydrogen-bond acceptors (Lipinski definition) is 3. The highest BCUT2D eigenvalue weighted by atomic mass is 35.5. The number of halogens is 2. The molecule has 0 saturated heterocycles. The van der Waals surface area contributed by atoms with Crippen molar-refractivity contribution in [1.29, 1.82) is 0 Å². The molecule has 7 heteroatoms. The molecule has 0 radical (unpaired) electrons. The molecule has 0 heterocycles. The molecule has 1 N–H and O–H groups in total. The number of thioether (sulfide) groups is 1. The van der Waals surface area contributed by atoms with Crippen molar-refractivity contribution in [2.24, 2.45) is 0 Å². The van der Waals surface area contributed by atoms with Crippen LogP contribution in [0.4, 0.5) is 0 Å². The second-order valence-electron chi connectivity index (χ2n) is 7.32. The molecule has 0 fully saturated rings. The van der Waals surface area contributed by atoms with E-state index >= 15 is 0 Å². The molecule has 2 aromatic carbocycles. The van der Waals surface area contributed by atoms with Crippen LogP contribution in [0.5, 0.6) is 0 Å². The van der Waals surface area contributed by atoms with Crippen molar-refractivity contribution in [1.82, 2.24) is 10.2 Å². The van der Waals surface area contributed by atoms with Gasteiger partial charge in [0.25, 0.3) is 0 Å². The first kappa shape index (κ1) is 24.6. The molecular weight excluding hydrogens is 439 g/mol. The Bertz CT molecular complexity index is 846. The summed E-state index contributed by atoms with van der Waals surface area (Å²) in [5, 5.41) is 4.11. The average molecular weight is 467 g/mol. The molecule has 1 unspecified atom stereocenters. The normalized spacial score (nSPS) is 11.9. The SMILES string of the molecule is CCC(C(=O)NC(C)C)N(Cc1ccccc1)C(=O)CSCc1ccc(Cl)cc1Cl. The van der Waals surface area contributed by atoms with Gasteiger partial charge in [0.2, 0.25) is 11.8 Å². The van der Waals surface area contributed by atoms with E-state index in [9.17, 15) is 9.59 Å². The van der Waals surface area contributed by atoms with E-state index in [2.05, 4.69) is 5.32 Å². The standard InChI is InChI=1S/C23H28Cl2N2O2S/c1-4-21(23(29)26-16(2)3)27(13-17-8-6-5-7-9-17)22(28)15-30-14-18-10-11-19(24)12-20(18)25/h5-12,16,21H,4,13-15H2,1-3H3,(H,26,29). The van der Waals surface area contributed by atoms with Gasteiger partial charge in [-0.25, -0.2) is 0 Å². The van der Waals surface area contributed by atoms with Gasteiger partial charge >= 0.3 is 0 Å². The van der Waals surface area contributed by atoms with E-state index in [0.29, 0.717) is 28.8 Å². The van der Waals surface area contributed by atoms with Crippen molar-refractivity contribution in [3.63, 3.8) is 0 Å². The van der Waals surface area contributed by atoms with Crippen LogP contribution >= 0.6 is 35.0 Å². The highest BCUT2D eigenvalue weighted by molar-refractivity contribution is 7.99. The summed E-state index contributed by atoms with van der Waals surface area (Å²) < 4.78 is 0. The molecule has 4 nitrogen and oxygen atoms in total. The topological polar surface area (TPSA) is 49.4 Å². The van der Waals surface area contributed by atoms with Crippen LogP contribution in [-0.4, -0.2) is 34.6 Å². The van der Waals surface area contributed by atoms with Gasteiger partial charge in [-0.2, -0.15) is 0 Å². The maximum absolute atomic E-state index is 13.1. The van der Waals surface area contributed by atoms with Gasteiger partial charge in [0.15, 0.2) is 0 Å². The lowest BCUT2D eigenvalue weighted by Gasteiger charge is -2.31. The van der Waals surface area contributed by atoms with Crippen LogP contribution in [0.15, 0.2) is 48.5 Å². The second kappa shape index (κ2) is 12.2. The molecule has 162 valence electrons. The Hall–Kier alpha value is -1.69. The van der Waals surface area contributed by atoms with Crippen LogP contribution in [0.25, 0.3) is 0 Å². The van der Waals surface area contributed by atoms with Gasteiger partial charge in [0, 0.05) is 28.4 Å². The Balaban J connectivity index is 2.11. The Morgan fingerprint density at radius 3 is 2.40 bits per heavy atom. The zero-order valence-electron chi connectivity index (χ0n) is 17.5. The molecule has 0 spiro atoms. The van der Waals surface area contributed by atoms with Crippen LogP contribution < -0.4 is 5.32 Å². The van der Waals surface area contributed by atoms with Gasteiger partial charge in [-0.15, -0.1) is 11.8 Å². The van der Waals surface area contributed by atoms with Gasteiger partial charge in [-0.05, 0) is 43.5 Å². The van der Waals surface area contributed by atoms with Gasteiger partial charge < -0.3 is 10.2 Å². The average Bonchev–Trinajstić information content (AvgIpc) is 2.69. The molecule has 2 amide bonds. The third-order valence-corrected chi connectivity index (χ3v) is 6.06. The zero-order chi connectivity index (χ0) is 22.1. The lowest BCUT2D eigenvalue weighted by Crippen LogP contribution is -2.50. The molecule has 0 aliphatic rings. The molecule has 0 bridgehead atoms. The summed E-state index contributed by atoms with van der Waals surface area (Å²) in [4.78, 5) is 27.6. The summed E-state index contributed by atoms with van der Waals surface area (Å²) >= 11 is 13.7. The lowest BCUT2D eigenvalue weighted by molar-refractivity contribution is -0.139. The number of carbonyl (C=O) groups excluding carboxylic acids is 2. The number of hydrogen-bond donors (Lipinski definition) is 1. The minimum atomic E-state index is -0.514. The molecule has 2 rings (SSSR count).